The predicted octanol–water partition coefficient (Wildman–Crippen LogP) is 3.72. The van der Waals surface area contributed by atoms with Crippen LogP contribution in [0.1, 0.15) is 75.2 Å². The second kappa shape index (κ2) is 7.62. The zero-order chi connectivity index (χ0) is 16.9. The van der Waals surface area contributed by atoms with E-state index in [9.17, 15) is 9.59 Å². The molecule has 0 aliphatic heterocycles. The van der Waals surface area contributed by atoms with Crippen molar-refractivity contribution in [1.82, 2.24) is 10.9 Å². The smallest absolute Gasteiger partial charge is 0.269 e. The summed E-state index contributed by atoms with van der Waals surface area (Å²) in [5, 5.41) is 0. The molecule has 2 N–H and O–H groups in total. The second-order valence-electron chi connectivity index (χ2n) is 7.52. The molecule has 4 heteroatoms. The van der Waals surface area contributed by atoms with Crippen LogP contribution in [0.25, 0.3) is 0 Å². The monoisotopic (exact) mass is 316 g/mol. The Morgan fingerprint density at radius 3 is 2.22 bits per heavy atom. The van der Waals surface area contributed by atoms with Crippen LogP contribution in [0.4, 0.5) is 0 Å². The molecule has 0 unspecified atom stereocenters. The Balaban J connectivity index is 1.76. The molecule has 0 atom stereocenters. The van der Waals surface area contributed by atoms with Crippen LogP contribution in [-0.4, -0.2) is 11.8 Å². The summed E-state index contributed by atoms with van der Waals surface area (Å²) >= 11 is 0. The molecule has 0 radical (unpaired) electrons. The number of carbonyl (C=O) groups is 2. The van der Waals surface area contributed by atoms with E-state index in [1.54, 1.807) is 12.1 Å². The average Bonchev–Trinajstić information content (AvgIpc) is 3.03. The number of hydrogen-bond donors (Lipinski definition) is 2. The van der Waals surface area contributed by atoms with Gasteiger partial charge in [-0.25, -0.2) is 0 Å². The first kappa shape index (κ1) is 17.5. The van der Waals surface area contributed by atoms with Crippen LogP contribution in [0, 0.1) is 5.92 Å². The number of hydrazine groups is 1. The van der Waals surface area contributed by atoms with Crippen molar-refractivity contribution >= 4 is 11.8 Å². The van der Waals surface area contributed by atoms with Gasteiger partial charge in [0, 0.05) is 12.0 Å². The van der Waals surface area contributed by atoms with Gasteiger partial charge < -0.3 is 0 Å². The zero-order valence-electron chi connectivity index (χ0n) is 14.4. The van der Waals surface area contributed by atoms with Gasteiger partial charge in [0.05, 0.1) is 0 Å². The van der Waals surface area contributed by atoms with Gasteiger partial charge in [-0.05, 0) is 35.4 Å². The van der Waals surface area contributed by atoms with E-state index in [2.05, 4.69) is 31.6 Å². The molecule has 4 nitrogen and oxygen atoms in total. The minimum Gasteiger partial charge on any atom is -0.273 e. The largest absolute Gasteiger partial charge is 0.273 e. The fourth-order valence-electron chi connectivity index (χ4n) is 3.02. The van der Waals surface area contributed by atoms with Crippen molar-refractivity contribution in [2.45, 2.75) is 64.7 Å². The van der Waals surface area contributed by atoms with E-state index in [-0.39, 0.29) is 17.2 Å². The van der Waals surface area contributed by atoms with Crippen LogP contribution in [0.3, 0.4) is 0 Å². The van der Waals surface area contributed by atoms with Crippen LogP contribution in [0.5, 0.6) is 0 Å². The SMILES string of the molecule is CC(C)(C)c1ccc(C(=O)NNC(=O)CCC2CCCC2)cc1. The minimum absolute atomic E-state index is 0.0590. The third-order valence-electron chi connectivity index (χ3n) is 4.58. The number of nitrogens with one attached hydrogen (secondary N) is 2. The summed E-state index contributed by atoms with van der Waals surface area (Å²) < 4.78 is 0. The number of amides is 2. The van der Waals surface area contributed by atoms with Gasteiger partial charge in [0.2, 0.25) is 5.91 Å². The Morgan fingerprint density at radius 1 is 1.04 bits per heavy atom. The standard InChI is InChI=1S/C19H28N2O2/c1-19(2,3)16-11-9-15(10-12-16)18(23)21-20-17(22)13-8-14-6-4-5-7-14/h9-12,14H,4-8,13H2,1-3H3,(H,20,22)(H,21,23). The molecule has 1 aliphatic rings. The van der Waals surface area contributed by atoms with Gasteiger partial charge in [0.1, 0.15) is 0 Å². The summed E-state index contributed by atoms with van der Waals surface area (Å²) in [6.45, 7) is 6.39. The van der Waals surface area contributed by atoms with Gasteiger partial charge in [0.15, 0.2) is 0 Å². The fourth-order valence-corrected chi connectivity index (χ4v) is 3.02. The maximum absolute atomic E-state index is 12.0. The Hall–Kier alpha value is -1.84. The molecule has 0 saturated heterocycles. The molecule has 126 valence electrons. The normalized spacial score (nSPS) is 15.4. The van der Waals surface area contributed by atoms with Crippen LogP contribution >= 0.6 is 0 Å². The quantitative estimate of drug-likeness (QED) is 0.832. The minimum atomic E-state index is -0.278. The average molecular weight is 316 g/mol. The molecule has 0 bridgehead atoms. The van der Waals surface area contributed by atoms with Crippen molar-refractivity contribution in [2.75, 3.05) is 0 Å². The topological polar surface area (TPSA) is 58.2 Å². The number of rotatable bonds is 4. The molecule has 0 aromatic heterocycles. The lowest BCUT2D eigenvalue weighted by Crippen LogP contribution is -2.41. The summed E-state index contributed by atoms with van der Waals surface area (Å²) in [6.07, 6.45) is 6.44. The van der Waals surface area contributed by atoms with Crippen molar-refractivity contribution in [2.24, 2.45) is 5.92 Å². The van der Waals surface area contributed by atoms with E-state index in [1.807, 2.05) is 12.1 Å². The van der Waals surface area contributed by atoms with Crippen LogP contribution in [0.15, 0.2) is 24.3 Å². The highest BCUT2D eigenvalue weighted by Gasteiger charge is 2.17. The highest BCUT2D eigenvalue weighted by Crippen LogP contribution is 2.28. The van der Waals surface area contributed by atoms with E-state index in [0.717, 1.165) is 6.42 Å². The van der Waals surface area contributed by atoms with Gasteiger partial charge in [0.25, 0.3) is 5.91 Å². The molecule has 1 aromatic carbocycles. The summed E-state index contributed by atoms with van der Waals surface area (Å²) in [7, 11) is 0. The first-order valence-electron chi connectivity index (χ1n) is 8.56. The predicted molar refractivity (Wildman–Crippen MR) is 91.9 cm³/mol. The van der Waals surface area contributed by atoms with Crippen LogP contribution in [-0.2, 0) is 10.2 Å². The maximum atomic E-state index is 12.0. The molecule has 0 heterocycles. The van der Waals surface area contributed by atoms with Gasteiger partial charge in [-0.3, -0.25) is 20.4 Å². The summed E-state index contributed by atoms with van der Waals surface area (Å²) in [5.41, 5.74) is 6.79. The molecule has 2 rings (SSSR count). The highest BCUT2D eigenvalue weighted by molar-refractivity contribution is 5.95. The third-order valence-corrected chi connectivity index (χ3v) is 4.58. The highest BCUT2D eigenvalue weighted by atomic mass is 16.2. The molecule has 1 fully saturated rings. The van der Waals surface area contributed by atoms with Crippen molar-refractivity contribution in [3.63, 3.8) is 0 Å². The van der Waals surface area contributed by atoms with E-state index in [0.29, 0.717) is 17.9 Å². The first-order valence-corrected chi connectivity index (χ1v) is 8.56. The Labute approximate surface area is 139 Å². The molecule has 1 aromatic rings. The molecular formula is C19H28N2O2. The van der Waals surface area contributed by atoms with E-state index in [1.165, 1.54) is 31.2 Å². The lowest BCUT2D eigenvalue weighted by atomic mass is 9.87. The molecule has 23 heavy (non-hydrogen) atoms. The lowest BCUT2D eigenvalue weighted by Gasteiger charge is -2.19. The molecule has 2 amide bonds. The summed E-state index contributed by atoms with van der Waals surface area (Å²) in [4.78, 5) is 23.8. The van der Waals surface area contributed by atoms with Crippen molar-refractivity contribution in [3.8, 4) is 0 Å². The van der Waals surface area contributed by atoms with Gasteiger partial charge >= 0.3 is 0 Å². The maximum Gasteiger partial charge on any atom is 0.269 e. The summed E-state index contributed by atoms with van der Waals surface area (Å²) in [5.74, 6) is 0.289. The van der Waals surface area contributed by atoms with Crippen LogP contribution < -0.4 is 10.9 Å². The Kier molecular flexibility index (Phi) is 5.80. The summed E-state index contributed by atoms with van der Waals surface area (Å²) in [6, 6.07) is 7.49. The van der Waals surface area contributed by atoms with Crippen molar-refractivity contribution < 1.29 is 9.59 Å². The van der Waals surface area contributed by atoms with Crippen molar-refractivity contribution in [1.29, 1.82) is 0 Å². The van der Waals surface area contributed by atoms with Gasteiger partial charge in [-0.1, -0.05) is 58.6 Å². The van der Waals surface area contributed by atoms with E-state index >= 15 is 0 Å². The first-order chi connectivity index (χ1) is 10.9. The lowest BCUT2D eigenvalue weighted by molar-refractivity contribution is -0.122. The fraction of sp³-hybridized carbons (Fsp3) is 0.579. The molecule has 0 spiro atoms. The number of benzene rings is 1. The van der Waals surface area contributed by atoms with E-state index in [4.69, 9.17) is 0 Å². The Bertz CT molecular complexity index is 537. The molecule has 1 saturated carbocycles. The molecular weight excluding hydrogens is 288 g/mol. The van der Waals surface area contributed by atoms with Gasteiger partial charge in [-0.15, -0.1) is 0 Å². The number of carbonyl (C=O) groups excluding carboxylic acids is 2. The van der Waals surface area contributed by atoms with Crippen molar-refractivity contribution in [3.05, 3.63) is 35.4 Å². The zero-order valence-corrected chi connectivity index (χ0v) is 14.4. The molecule has 1 aliphatic carbocycles. The van der Waals surface area contributed by atoms with Crippen LogP contribution in [0.2, 0.25) is 0 Å². The number of hydrogen-bond acceptors (Lipinski definition) is 2. The van der Waals surface area contributed by atoms with E-state index < -0.39 is 0 Å². The van der Waals surface area contributed by atoms with Gasteiger partial charge in [-0.2, -0.15) is 0 Å². The third kappa shape index (κ3) is 5.38. The Morgan fingerprint density at radius 2 is 1.65 bits per heavy atom. The second-order valence-corrected chi connectivity index (χ2v) is 7.52.